The van der Waals surface area contributed by atoms with Crippen LogP contribution in [0.2, 0.25) is 0 Å². The van der Waals surface area contributed by atoms with Crippen LogP contribution in [0.5, 0.6) is 5.75 Å². The number of halogens is 3. The maximum Gasteiger partial charge on any atom is 0.416 e. The molecular weight excluding hydrogens is 369 g/mol. The van der Waals surface area contributed by atoms with Crippen molar-refractivity contribution in [1.29, 1.82) is 0 Å². The van der Waals surface area contributed by atoms with Gasteiger partial charge in [0.25, 0.3) is 5.91 Å². The van der Waals surface area contributed by atoms with Crippen molar-refractivity contribution in [1.82, 2.24) is 5.32 Å². The average Bonchev–Trinajstić information content (AvgIpc) is 3.51. The third-order valence-electron chi connectivity index (χ3n) is 4.38. The number of nitrogens with one attached hydrogen (secondary N) is 1. The number of carbonyl (C=O) groups excluding carboxylic acids is 1. The van der Waals surface area contributed by atoms with Crippen LogP contribution in [0.1, 0.15) is 42.5 Å². The van der Waals surface area contributed by atoms with Crippen LogP contribution in [0.4, 0.5) is 13.2 Å². The second-order valence-electron chi connectivity index (χ2n) is 6.59. The molecule has 0 saturated heterocycles. The van der Waals surface area contributed by atoms with Crippen LogP contribution >= 0.6 is 0 Å². The molecule has 148 valence electrons. The van der Waals surface area contributed by atoms with Crippen molar-refractivity contribution in [2.24, 2.45) is 4.99 Å². The van der Waals surface area contributed by atoms with Crippen LogP contribution in [-0.2, 0) is 17.5 Å². The topological polar surface area (TPSA) is 50.7 Å². The van der Waals surface area contributed by atoms with Crippen LogP contribution in [0, 0.1) is 0 Å². The Balaban J connectivity index is 1.71. The van der Waals surface area contributed by atoms with Crippen molar-refractivity contribution in [3.8, 4) is 5.75 Å². The van der Waals surface area contributed by atoms with E-state index in [0.29, 0.717) is 19.4 Å². The Bertz CT molecular complexity index is 844. The lowest BCUT2D eigenvalue weighted by Gasteiger charge is -2.20. The number of amides is 1. The summed E-state index contributed by atoms with van der Waals surface area (Å²) in [5, 5.41) is 2.78. The van der Waals surface area contributed by atoms with Gasteiger partial charge in [-0.2, -0.15) is 13.2 Å². The summed E-state index contributed by atoms with van der Waals surface area (Å²) >= 11 is 0. The van der Waals surface area contributed by atoms with E-state index in [0.717, 1.165) is 11.6 Å². The largest absolute Gasteiger partial charge is 0.481 e. The second-order valence-corrected chi connectivity index (χ2v) is 6.59. The predicted molar refractivity (Wildman–Crippen MR) is 100 cm³/mol. The number of nitrogens with zero attached hydrogens (tertiary/aromatic N) is 1. The van der Waals surface area contributed by atoms with Crippen LogP contribution in [-0.4, -0.2) is 18.2 Å². The maximum absolute atomic E-state index is 13.4. The Morgan fingerprint density at radius 3 is 2.54 bits per heavy atom. The fourth-order valence-corrected chi connectivity index (χ4v) is 2.88. The molecule has 1 N–H and O–H groups in total. The highest BCUT2D eigenvalue weighted by Gasteiger charge is 2.37. The summed E-state index contributed by atoms with van der Waals surface area (Å²) in [6, 6.07) is 12.6. The molecule has 2 unspecified atom stereocenters. The molecule has 0 radical (unpaired) electrons. The van der Waals surface area contributed by atoms with Crippen LogP contribution in [0.15, 0.2) is 53.5 Å². The molecule has 0 bridgehead atoms. The van der Waals surface area contributed by atoms with Gasteiger partial charge in [0, 0.05) is 12.8 Å². The molecule has 0 fully saturated rings. The standard InChI is InChI=1S/C21H21F3N2O2/c1-2-6-19(20(27)26-12-14-7-4-3-5-8-14)28-15-9-10-16(18-13-25-18)17(11-15)21(22,23)24/h3-5,7-11,13,18-19H,2,6,12H2,1H3,(H,26,27). The highest BCUT2D eigenvalue weighted by Crippen LogP contribution is 2.40. The van der Waals surface area contributed by atoms with Gasteiger partial charge in [0.05, 0.1) is 5.56 Å². The van der Waals surface area contributed by atoms with Crippen molar-refractivity contribution >= 4 is 12.1 Å². The number of alkyl halides is 3. The van der Waals surface area contributed by atoms with Crippen molar-refractivity contribution in [3.05, 3.63) is 65.2 Å². The molecule has 4 nitrogen and oxygen atoms in total. The smallest absolute Gasteiger partial charge is 0.416 e. The van der Waals surface area contributed by atoms with E-state index >= 15 is 0 Å². The molecule has 3 rings (SSSR count). The van der Waals surface area contributed by atoms with E-state index in [4.69, 9.17) is 4.74 Å². The lowest BCUT2D eigenvalue weighted by atomic mass is 10.0. The van der Waals surface area contributed by atoms with E-state index in [1.165, 1.54) is 18.3 Å². The van der Waals surface area contributed by atoms with Gasteiger partial charge in [-0.3, -0.25) is 9.79 Å². The third-order valence-corrected chi connectivity index (χ3v) is 4.38. The van der Waals surface area contributed by atoms with Crippen molar-refractivity contribution < 1.29 is 22.7 Å². The Morgan fingerprint density at radius 1 is 1.21 bits per heavy atom. The summed E-state index contributed by atoms with van der Waals surface area (Å²) in [6.07, 6.45) is -2.87. The zero-order chi connectivity index (χ0) is 20.1. The Hall–Kier alpha value is -2.83. The number of hydrogen-bond donors (Lipinski definition) is 1. The van der Waals surface area contributed by atoms with Gasteiger partial charge in [0.1, 0.15) is 11.8 Å². The van der Waals surface area contributed by atoms with E-state index in [-0.39, 0.29) is 17.2 Å². The van der Waals surface area contributed by atoms with E-state index in [1.807, 2.05) is 37.3 Å². The quantitative estimate of drug-likeness (QED) is 0.711. The first-order valence-corrected chi connectivity index (χ1v) is 9.11. The van der Waals surface area contributed by atoms with Crippen LogP contribution in [0.3, 0.4) is 0 Å². The number of ether oxygens (including phenoxy) is 1. The van der Waals surface area contributed by atoms with Gasteiger partial charge in [-0.1, -0.05) is 49.7 Å². The minimum absolute atomic E-state index is 0.0186. The first-order chi connectivity index (χ1) is 13.4. The first kappa shape index (κ1) is 19.9. The number of hydrogen-bond acceptors (Lipinski definition) is 3. The average molecular weight is 390 g/mol. The number of aliphatic imine (C=N–C) groups is 1. The molecule has 1 heterocycles. The second kappa shape index (κ2) is 8.46. The monoisotopic (exact) mass is 390 g/mol. The van der Waals surface area contributed by atoms with E-state index in [9.17, 15) is 18.0 Å². The highest BCUT2D eigenvalue weighted by molar-refractivity contribution is 5.81. The van der Waals surface area contributed by atoms with Crippen molar-refractivity contribution in [2.75, 3.05) is 0 Å². The molecule has 7 heteroatoms. The van der Waals surface area contributed by atoms with Gasteiger partial charge in [-0.15, -0.1) is 0 Å². The van der Waals surface area contributed by atoms with Gasteiger partial charge < -0.3 is 10.1 Å². The number of benzene rings is 2. The first-order valence-electron chi connectivity index (χ1n) is 9.11. The molecule has 0 saturated carbocycles. The summed E-state index contributed by atoms with van der Waals surface area (Å²) < 4.78 is 45.8. The Kier molecular flexibility index (Phi) is 6.02. The number of carbonyl (C=O) groups is 1. The van der Waals surface area contributed by atoms with Crippen molar-refractivity contribution in [2.45, 2.75) is 44.6 Å². The molecule has 0 aliphatic carbocycles. The van der Waals surface area contributed by atoms with Gasteiger partial charge in [0.15, 0.2) is 6.10 Å². The lowest BCUT2D eigenvalue weighted by molar-refractivity contribution is -0.138. The molecule has 28 heavy (non-hydrogen) atoms. The fourth-order valence-electron chi connectivity index (χ4n) is 2.88. The zero-order valence-corrected chi connectivity index (χ0v) is 15.4. The molecule has 1 amide bonds. The highest BCUT2D eigenvalue weighted by atomic mass is 19.4. The lowest BCUT2D eigenvalue weighted by Crippen LogP contribution is -2.38. The van der Waals surface area contributed by atoms with Gasteiger partial charge >= 0.3 is 6.18 Å². The normalized spacial score (nSPS) is 16.5. The van der Waals surface area contributed by atoms with E-state index < -0.39 is 23.9 Å². The molecule has 0 spiro atoms. The summed E-state index contributed by atoms with van der Waals surface area (Å²) in [7, 11) is 0. The minimum atomic E-state index is -4.52. The van der Waals surface area contributed by atoms with E-state index in [1.54, 1.807) is 0 Å². The molecule has 2 aromatic carbocycles. The van der Waals surface area contributed by atoms with Gasteiger partial charge in [0.2, 0.25) is 0 Å². The van der Waals surface area contributed by atoms with Crippen molar-refractivity contribution in [3.63, 3.8) is 0 Å². The predicted octanol–water partition coefficient (Wildman–Crippen LogP) is 4.69. The van der Waals surface area contributed by atoms with Gasteiger partial charge in [-0.25, -0.2) is 0 Å². The zero-order valence-electron chi connectivity index (χ0n) is 15.4. The molecule has 2 atom stereocenters. The molecule has 1 aliphatic heterocycles. The molecular formula is C21H21F3N2O2. The Labute approximate surface area is 161 Å². The number of rotatable bonds is 8. The molecule has 2 aromatic rings. The summed E-state index contributed by atoms with van der Waals surface area (Å²) in [5.41, 5.74) is 0.243. The summed E-state index contributed by atoms with van der Waals surface area (Å²) in [6.45, 7) is 2.21. The van der Waals surface area contributed by atoms with E-state index in [2.05, 4.69) is 10.3 Å². The van der Waals surface area contributed by atoms with Gasteiger partial charge in [-0.05, 0) is 29.7 Å². The third kappa shape index (κ3) is 5.12. The minimum Gasteiger partial charge on any atom is -0.481 e. The maximum atomic E-state index is 13.4. The molecule has 1 aliphatic rings. The van der Waals surface area contributed by atoms with Crippen LogP contribution in [0.25, 0.3) is 0 Å². The molecule has 0 aromatic heterocycles. The summed E-state index contributed by atoms with van der Waals surface area (Å²) in [5.74, 6) is -0.334. The fraction of sp³-hybridized carbons (Fsp3) is 0.333. The SMILES string of the molecule is CCCC(Oc1ccc(C2C=N2)c(C(F)(F)F)c1)C(=O)NCc1ccccc1. The van der Waals surface area contributed by atoms with Crippen LogP contribution < -0.4 is 10.1 Å². The summed E-state index contributed by atoms with van der Waals surface area (Å²) in [4.78, 5) is 16.3. The Morgan fingerprint density at radius 2 is 1.93 bits per heavy atom.